The van der Waals surface area contributed by atoms with Gasteiger partial charge in [0.25, 0.3) is 0 Å². The Labute approximate surface area is 107 Å². The smallest absolute Gasteiger partial charge is 0.395 e. The van der Waals surface area contributed by atoms with E-state index >= 15 is 0 Å². The van der Waals surface area contributed by atoms with E-state index in [0.29, 0.717) is 11.6 Å². The van der Waals surface area contributed by atoms with Gasteiger partial charge in [-0.2, -0.15) is 0 Å². The predicted octanol–water partition coefficient (Wildman–Crippen LogP) is 2.79. The van der Waals surface area contributed by atoms with Gasteiger partial charge < -0.3 is 19.4 Å². The summed E-state index contributed by atoms with van der Waals surface area (Å²) in [4.78, 5) is 4.26. The fraction of sp³-hybridized carbons (Fsp3) is 0.250. The van der Waals surface area contributed by atoms with Crippen molar-refractivity contribution in [2.75, 3.05) is 5.32 Å². The first-order valence-corrected chi connectivity index (χ1v) is 5.60. The molecule has 1 aromatic carbocycles. The summed E-state index contributed by atoms with van der Waals surface area (Å²) in [5.41, 5.74) is 1.45. The van der Waals surface area contributed by atoms with Crippen molar-refractivity contribution in [2.24, 2.45) is 7.05 Å². The van der Waals surface area contributed by atoms with Gasteiger partial charge in [0.15, 0.2) is 11.5 Å². The molecule has 100 valence electrons. The van der Waals surface area contributed by atoms with Crippen LogP contribution >= 0.6 is 0 Å². The SMILES string of the molecule is Cc1cn(C)c(Nc2ccc3c(c2)OC(F)(F)O3)n1. The van der Waals surface area contributed by atoms with Crippen LogP contribution in [-0.4, -0.2) is 15.8 Å². The summed E-state index contributed by atoms with van der Waals surface area (Å²) < 4.78 is 36.3. The monoisotopic (exact) mass is 267 g/mol. The molecule has 0 spiro atoms. The zero-order chi connectivity index (χ0) is 13.6. The first-order chi connectivity index (χ1) is 8.93. The molecule has 1 aliphatic heterocycles. The number of halogens is 2. The van der Waals surface area contributed by atoms with Crippen molar-refractivity contribution in [3.8, 4) is 11.5 Å². The maximum Gasteiger partial charge on any atom is 0.586 e. The molecule has 0 atom stereocenters. The van der Waals surface area contributed by atoms with E-state index in [1.165, 1.54) is 12.1 Å². The van der Waals surface area contributed by atoms with Crippen LogP contribution in [0.15, 0.2) is 24.4 Å². The third-order valence-electron chi connectivity index (χ3n) is 2.65. The molecule has 2 aromatic rings. The van der Waals surface area contributed by atoms with E-state index in [-0.39, 0.29) is 11.5 Å². The van der Waals surface area contributed by atoms with Gasteiger partial charge in [-0.15, -0.1) is 8.78 Å². The Morgan fingerprint density at radius 3 is 2.68 bits per heavy atom. The van der Waals surface area contributed by atoms with Crippen molar-refractivity contribution in [2.45, 2.75) is 13.2 Å². The summed E-state index contributed by atoms with van der Waals surface area (Å²) in [6, 6.07) is 4.49. The quantitative estimate of drug-likeness (QED) is 0.909. The number of rotatable bonds is 2. The van der Waals surface area contributed by atoms with Crippen LogP contribution in [-0.2, 0) is 7.05 Å². The minimum absolute atomic E-state index is 0.000862. The molecule has 0 aliphatic carbocycles. The molecule has 19 heavy (non-hydrogen) atoms. The van der Waals surface area contributed by atoms with E-state index in [1.807, 2.05) is 20.2 Å². The Kier molecular flexibility index (Phi) is 2.38. The predicted molar refractivity (Wildman–Crippen MR) is 63.9 cm³/mol. The Morgan fingerprint density at radius 2 is 2.00 bits per heavy atom. The number of aromatic nitrogens is 2. The molecule has 1 aliphatic rings. The summed E-state index contributed by atoms with van der Waals surface area (Å²) in [5, 5.41) is 3.02. The average Bonchev–Trinajstić information content (AvgIpc) is 2.76. The zero-order valence-electron chi connectivity index (χ0n) is 10.3. The van der Waals surface area contributed by atoms with Crippen LogP contribution < -0.4 is 14.8 Å². The number of nitrogens with zero attached hydrogens (tertiary/aromatic N) is 2. The molecule has 0 radical (unpaired) electrons. The minimum Gasteiger partial charge on any atom is -0.395 e. The summed E-state index contributed by atoms with van der Waals surface area (Å²) >= 11 is 0. The summed E-state index contributed by atoms with van der Waals surface area (Å²) in [6.07, 6.45) is -1.75. The van der Waals surface area contributed by atoms with Crippen molar-refractivity contribution in [1.82, 2.24) is 9.55 Å². The fourth-order valence-corrected chi connectivity index (χ4v) is 1.89. The molecule has 3 rings (SSSR count). The summed E-state index contributed by atoms with van der Waals surface area (Å²) in [5.74, 6) is 0.635. The maximum atomic E-state index is 12.9. The van der Waals surface area contributed by atoms with Crippen LogP contribution in [0.4, 0.5) is 20.4 Å². The number of fused-ring (bicyclic) bond motifs is 1. The number of ether oxygens (including phenoxy) is 2. The molecule has 0 bridgehead atoms. The molecular weight excluding hydrogens is 256 g/mol. The molecule has 0 fully saturated rings. The molecule has 2 heterocycles. The van der Waals surface area contributed by atoms with Crippen molar-refractivity contribution in [3.05, 3.63) is 30.1 Å². The van der Waals surface area contributed by atoms with E-state index in [9.17, 15) is 8.78 Å². The molecule has 0 saturated heterocycles. The molecule has 5 nitrogen and oxygen atoms in total. The third-order valence-corrected chi connectivity index (χ3v) is 2.65. The van der Waals surface area contributed by atoms with Gasteiger partial charge in [0, 0.05) is 25.0 Å². The highest BCUT2D eigenvalue weighted by molar-refractivity contribution is 5.60. The molecule has 7 heteroatoms. The lowest BCUT2D eigenvalue weighted by molar-refractivity contribution is -0.286. The Balaban J connectivity index is 1.86. The van der Waals surface area contributed by atoms with Gasteiger partial charge in [0.05, 0.1) is 5.69 Å². The lowest BCUT2D eigenvalue weighted by atomic mass is 10.3. The van der Waals surface area contributed by atoms with Crippen LogP contribution in [0.5, 0.6) is 11.5 Å². The van der Waals surface area contributed by atoms with Gasteiger partial charge in [-0.25, -0.2) is 4.98 Å². The van der Waals surface area contributed by atoms with E-state index in [2.05, 4.69) is 19.8 Å². The Hall–Kier alpha value is -2.31. The highest BCUT2D eigenvalue weighted by atomic mass is 19.3. The largest absolute Gasteiger partial charge is 0.586 e. The molecule has 1 aromatic heterocycles. The van der Waals surface area contributed by atoms with Gasteiger partial charge in [-0.05, 0) is 19.1 Å². The lowest BCUT2D eigenvalue weighted by Crippen LogP contribution is -2.25. The fourth-order valence-electron chi connectivity index (χ4n) is 1.89. The van der Waals surface area contributed by atoms with Crippen LogP contribution in [0.3, 0.4) is 0 Å². The molecule has 1 N–H and O–H groups in total. The molecule has 0 saturated carbocycles. The van der Waals surface area contributed by atoms with Crippen molar-refractivity contribution in [3.63, 3.8) is 0 Å². The van der Waals surface area contributed by atoms with E-state index in [1.54, 1.807) is 10.6 Å². The van der Waals surface area contributed by atoms with Crippen LogP contribution in [0.25, 0.3) is 0 Å². The van der Waals surface area contributed by atoms with E-state index in [0.717, 1.165) is 5.69 Å². The lowest BCUT2D eigenvalue weighted by Gasteiger charge is -2.06. The number of anilines is 2. The number of aryl methyl sites for hydroxylation is 2. The van der Waals surface area contributed by atoms with Crippen LogP contribution in [0.1, 0.15) is 5.69 Å². The summed E-state index contributed by atoms with van der Waals surface area (Å²) in [6.45, 7) is 1.87. The second-order valence-corrected chi connectivity index (χ2v) is 4.27. The van der Waals surface area contributed by atoms with Crippen molar-refractivity contribution in [1.29, 1.82) is 0 Å². The van der Waals surface area contributed by atoms with Crippen LogP contribution in [0.2, 0.25) is 0 Å². The molecular formula is C12H11F2N3O2. The average molecular weight is 267 g/mol. The zero-order valence-corrected chi connectivity index (χ0v) is 10.3. The third kappa shape index (κ3) is 2.18. The molecule has 0 amide bonds. The maximum absolute atomic E-state index is 12.9. The molecule has 0 unspecified atom stereocenters. The summed E-state index contributed by atoms with van der Waals surface area (Å²) in [7, 11) is 1.84. The number of hydrogen-bond donors (Lipinski definition) is 1. The van der Waals surface area contributed by atoms with E-state index in [4.69, 9.17) is 0 Å². The highest BCUT2D eigenvalue weighted by Crippen LogP contribution is 2.42. The number of alkyl halides is 2. The van der Waals surface area contributed by atoms with Gasteiger partial charge in [0.1, 0.15) is 0 Å². The van der Waals surface area contributed by atoms with E-state index < -0.39 is 6.29 Å². The first-order valence-electron chi connectivity index (χ1n) is 5.60. The van der Waals surface area contributed by atoms with Crippen molar-refractivity contribution < 1.29 is 18.3 Å². The number of nitrogens with one attached hydrogen (secondary N) is 1. The van der Waals surface area contributed by atoms with Crippen LogP contribution in [0, 0.1) is 6.92 Å². The standard InChI is InChI=1S/C12H11F2N3O2/c1-7-6-17(2)11(15-7)16-8-3-4-9-10(5-8)19-12(13,14)18-9/h3-6H,1-2H3,(H,15,16). The number of benzene rings is 1. The second kappa shape index (κ2) is 3.84. The number of imidazole rings is 1. The van der Waals surface area contributed by atoms with Gasteiger partial charge in [-0.3, -0.25) is 0 Å². The van der Waals surface area contributed by atoms with Gasteiger partial charge >= 0.3 is 6.29 Å². The number of hydrogen-bond acceptors (Lipinski definition) is 4. The first kappa shape index (κ1) is 11.8. The topological polar surface area (TPSA) is 48.3 Å². The van der Waals surface area contributed by atoms with Crippen molar-refractivity contribution >= 4 is 11.6 Å². The van der Waals surface area contributed by atoms with Gasteiger partial charge in [-0.1, -0.05) is 0 Å². The normalized spacial score (nSPS) is 15.6. The van der Waals surface area contributed by atoms with Gasteiger partial charge in [0.2, 0.25) is 5.95 Å². The minimum atomic E-state index is -3.60. The highest BCUT2D eigenvalue weighted by Gasteiger charge is 2.43. The second-order valence-electron chi connectivity index (χ2n) is 4.27. The Bertz CT molecular complexity index is 640. The Morgan fingerprint density at radius 1 is 1.26 bits per heavy atom.